The van der Waals surface area contributed by atoms with Crippen LogP contribution >= 0.6 is 11.3 Å². The first-order chi connectivity index (χ1) is 7.52. The van der Waals surface area contributed by atoms with Crippen LogP contribution in [0.3, 0.4) is 0 Å². The van der Waals surface area contributed by atoms with Gasteiger partial charge in [0.1, 0.15) is 5.01 Å². The second kappa shape index (κ2) is 6.33. The second-order valence-electron chi connectivity index (χ2n) is 4.86. The summed E-state index contributed by atoms with van der Waals surface area (Å²) in [4.78, 5) is 4.35. The van der Waals surface area contributed by atoms with Crippen LogP contribution in [-0.2, 0) is 5.54 Å². The van der Waals surface area contributed by atoms with Gasteiger partial charge in [-0.2, -0.15) is 0 Å². The van der Waals surface area contributed by atoms with Crippen LogP contribution in [0, 0.1) is 0 Å². The summed E-state index contributed by atoms with van der Waals surface area (Å²) >= 11 is 1.70. The van der Waals surface area contributed by atoms with Gasteiger partial charge in [0.15, 0.2) is 0 Å². The van der Waals surface area contributed by atoms with E-state index in [9.17, 15) is 0 Å². The minimum Gasteiger partial charge on any atom is -0.328 e. The van der Waals surface area contributed by atoms with Gasteiger partial charge in [0.05, 0.1) is 5.54 Å². The Labute approximate surface area is 102 Å². The van der Waals surface area contributed by atoms with E-state index in [4.69, 9.17) is 5.73 Å². The van der Waals surface area contributed by atoms with Crippen molar-refractivity contribution >= 4 is 11.3 Å². The number of hydrogen-bond donors (Lipinski definition) is 2. The quantitative estimate of drug-likeness (QED) is 0.721. The predicted molar refractivity (Wildman–Crippen MR) is 70.6 cm³/mol. The molecule has 0 aliphatic carbocycles. The molecule has 1 aromatic rings. The molecule has 16 heavy (non-hydrogen) atoms. The molecular formula is C12H23N3S. The molecule has 1 unspecified atom stereocenters. The molecule has 0 saturated heterocycles. The maximum absolute atomic E-state index is 5.71. The molecule has 1 atom stereocenters. The maximum atomic E-state index is 5.71. The van der Waals surface area contributed by atoms with Crippen LogP contribution < -0.4 is 11.1 Å². The maximum Gasteiger partial charge on any atom is 0.112 e. The van der Waals surface area contributed by atoms with Crippen molar-refractivity contribution in [1.82, 2.24) is 10.3 Å². The van der Waals surface area contributed by atoms with Crippen molar-refractivity contribution in [2.75, 3.05) is 6.54 Å². The zero-order valence-electron chi connectivity index (χ0n) is 10.5. The molecule has 92 valence electrons. The van der Waals surface area contributed by atoms with Crippen molar-refractivity contribution in [2.24, 2.45) is 5.73 Å². The Balaban J connectivity index is 2.22. The molecule has 0 fully saturated rings. The van der Waals surface area contributed by atoms with Gasteiger partial charge in [-0.25, -0.2) is 4.98 Å². The highest BCUT2D eigenvalue weighted by Crippen LogP contribution is 2.21. The first kappa shape index (κ1) is 13.6. The lowest BCUT2D eigenvalue weighted by atomic mass is 10.1. The molecule has 3 nitrogen and oxygen atoms in total. The van der Waals surface area contributed by atoms with E-state index in [0.717, 1.165) is 18.0 Å². The number of rotatable bonds is 7. The molecule has 0 aliphatic heterocycles. The van der Waals surface area contributed by atoms with Gasteiger partial charge in [-0.3, -0.25) is 0 Å². The zero-order chi connectivity index (χ0) is 12.0. The molecular weight excluding hydrogens is 218 g/mol. The molecule has 1 heterocycles. The Morgan fingerprint density at radius 1 is 1.50 bits per heavy atom. The van der Waals surface area contributed by atoms with Crippen molar-refractivity contribution in [3.05, 3.63) is 16.6 Å². The lowest BCUT2D eigenvalue weighted by Crippen LogP contribution is -2.37. The number of nitrogens with zero attached hydrogens (tertiary/aromatic N) is 1. The van der Waals surface area contributed by atoms with Crippen molar-refractivity contribution in [2.45, 2.75) is 51.6 Å². The number of aromatic nitrogens is 1. The van der Waals surface area contributed by atoms with Crippen LogP contribution in [0.1, 0.15) is 45.0 Å². The summed E-state index contributed by atoms with van der Waals surface area (Å²) < 4.78 is 0. The molecule has 1 rings (SSSR count). The van der Waals surface area contributed by atoms with Gasteiger partial charge in [-0.05, 0) is 40.2 Å². The summed E-state index contributed by atoms with van der Waals surface area (Å²) in [6.45, 7) is 7.45. The van der Waals surface area contributed by atoms with Gasteiger partial charge in [-0.15, -0.1) is 11.3 Å². The van der Waals surface area contributed by atoms with Crippen molar-refractivity contribution in [1.29, 1.82) is 0 Å². The highest BCUT2D eigenvalue weighted by atomic mass is 32.1. The van der Waals surface area contributed by atoms with Crippen molar-refractivity contribution in [3.8, 4) is 0 Å². The molecule has 0 aliphatic rings. The minimum atomic E-state index is -0.0114. The molecule has 0 spiro atoms. The Hall–Kier alpha value is -0.450. The zero-order valence-corrected chi connectivity index (χ0v) is 11.3. The standard InChI is InChI=1S/C12H23N3S/c1-10(13)6-4-5-7-15-12(2,3)11-14-8-9-16-11/h8-10,15H,4-7,13H2,1-3H3. The third-order valence-electron chi connectivity index (χ3n) is 2.62. The highest BCUT2D eigenvalue weighted by molar-refractivity contribution is 7.09. The van der Waals surface area contributed by atoms with E-state index in [1.807, 2.05) is 11.6 Å². The smallest absolute Gasteiger partial charge is 0.112 e. The monoisotopic (exact) mass is 241 g/mol. The second-order valence-corrected chi connectivity index (χ2v) is 5.76. The first-order valence-corrected chi connectivity index (χ1v) is 6.81. The van der Waals surface area contributed by atoms with E-state index in [1.54, 1.807) is 11.3 Å². The molecule has 3 N–H and O–H groups in total. The number of nitrogens with two attached hydrogens (primary N) is 1. The average Bonchev–Trinajstić information content (AvgIpc) is 2.69. The number of nitrogens with one attached hydrogen (secondary N) is 1. The molecule has 4 heteroatoms. The normalized spacial score (nSPS) is 14.0. The number of hydrogen-bond acceptors (Lipinski definition) is 4. The largest absolute Gasteiger partial charge is 0.328 e. The topological polar surface area (TPSA) is 50.9 Å². The summed E-state index contributed by atoms with van der Waals surface area (Å²) in [7, 11) is 0. The minimum absolute atomic E-state index is 0.0114. The van der Waals surface area contributed by atoms with E-state index in [-0.39, 0.29) is 5.54 Å². The third kappa shape index (κ3) is 4.60. The Morgan fingerprint density at radius 2 is 2.25 bits per heavy atom. The number of thiazole rings is 1. The van der Waals surface area contributed by atoms with Gasteiger partial charge in [-0.1, -0.05) is 6.42 Å². The van der Waals surface area contributed by atoms with Crippen LogP contribution in [0.2, 0.25) is 0 Å². The lowest BCUT2D eigenvalue weighted by molar-refractivity contribution is 0.392. The highest BCUT2D eigenvalue weighted by Gasteiger charge is 2.21. The summed E-state index contributed by atoms with van der Waals surface area (Å²) in [5, 5.41) is 6.72. The summed E-state index contributed by atoms with van der Waals surface area (Å²) in [5.41, 5.74) is 5.70. The first-order valence-electron chi connectivity index (χ1n) is 5.93. The fourth-order valence-electron chi connectivity index (χ4n) is 1.60. The Bertz CT molecular complexity index is 280. The fourth-order valence-corrected chi connectivity index (χ4v) is 2.34. The molecule has 0 bridgehead atoms. The summed E-state index contributed by atoms with van der Waals surface area (Å²) in [6, 6.07) is 0.326. The Morgan fingerprint density at radius 3 is 2.81 bits per heavy atom. The SMILES string of the molecule is CC(N)CCCCNC(C)(C)c1nccs1. The Kier molecular flexibility index (Phi) is 5.38. The van der Waals surface area contributed by atoms with Crippen LogP contribution in [0.15, 0.2) is 11.6 Å². The lowest BCUT2D eigenvalue weighted by Gasteiger charge is -2.23. The molecule has 0 radical (unpaired) electrons. The average molecular weight is 241 g/mol. The van der Waals surface area contributed by atoms with Gasteiger partial charge < -0.3 is 11.1 Å². The van der Waals surface area contributed by atoms with E-state index in [0.29, 0.717) is 6.04 Å². The molecule has 0 saturated carbocycles. The van der Waals surface area contributed by atoms with Crippen LogP contribution in [-0.4, -0.2) is 17.6 Å². The van der Waals surface area contributed by atoms with Gasteiger partial charge in [0.2, 0.25) is 0 Å². The van der Waals surface area contributed by atoms with E-state index >= 15 is 0 Å². The van der Waals surface area contributed by atoms with Crippen molar-refractivity contribution in [3.63, 3.8) is 0 Å². The van der Waals surface area contributed by atoms with E-state index in [2.05, 4.69) is 31.1 Å². The van der Waals surface area contributed by atoms with Gasteiger partial charge in [0.25, 0.3) is 0 Å². The summed E-state index contributed by atoms with van der Waals surface area (Å²) in [5.74, 6) is 0. The summed E-state index contributed by atoms with van der Waals surface area (Å²) in [6.07, 6.45) is 5.34. The molecule has 1 aromatic heterocycles. The van der Waals surface area contributed by atoms with Crippen LogP contribution in [0.5, 0.6) is 0 Å². The predicted octanol–water partition coefficient (Wildman–Crippen LogP) is 2.49. The van der Waals surface area contributed by atoms with Crippen molar-refractivity contribution < 1.29 is 0 Å². The fraction of sp³-hybridized carbons (Fsp3) is 0.750. The van der Waals surface area contributed by atoms with Gasteiger partial charge >= 0.3 is 0 Å². The third-order valence-corrected chi connectivity index (χ3v) is 3.72. The van der Waals surface area contributed by atoms with E-state index < -0.39 is 0 Å². The number of unbranched alkanes of at least 4 members (excludes halogenated alkanes) is 1. The van der Waals surface area contributed by atoms with Crippen LogP contribution in [0.25, 0.3) is 0 Å². The van der Waals surface area contributed by atoms with Crippen LogP contribution in [0.4, 0.5) is 0 Å². The molecule has 0 aromatic carbocycles. The van der Waals surface area contributed by atoms with E-state index in [1.165, 1.54) is 12.8 Å². The van der Waals surface area contributed by atoms with Gasteiger partial charge in [0, 0.05) is 17.6 Å². The molecule has 0 amide bonds.